The van der Waals surface area contributed by atoms with Crippen LogP contribution in [0.3, 0.4) is 0 Å². The smallest absolute Gasteiger partial charge is 0.0613 e. The summed E-state index contributed by atoms with van der Waals surface area (Å²) in [4.78, 5) is 0. The van der Waals surface area contributed by atoms with Crippen molar-refractivity contribution in [2.75, 3.05) is 13.2 Å². The molecule has 2 rings (SSSR count). The molecule has 2 N–H and O–H groups in total. The van der Waals surface area contributed by atoms with Gasteiger partial charge in [-0.15, -0.1) is 0 Å². The Morgan fingerprint density at radius 3 is 2.60 bits per heavy atom. The number of hydrogen-bond acceptors (Lipinski definition) is 3. The summed E-state index contributed by atoms with van der Waals surface area (Å²) in [6, 6.07) is 2.10. The maximum atomic E-state index is 9.81. The van der Waals surface area contributed by atoms with Gasteiger partial charge in [0, 0.05) is 17.8 Å². The molecule has 0 unspecified atom stereocenters. The number of rotatable bonds is 6. The first kappa shape index (κ1) is 15.5. The number of nitrogens with one attached hydrogen (secondary N) is 1. The third-order valence-corrected chi connectivity index (χ3v) is 4.79. The molecule has 0 amide bonds. The molecule has 20 heavy (non-hydrogen) atoms. The molecular weight excluding hydrogens is 250 g/mol. The van der Waals surface area contributed by atoms with E-state index in [1.165, 1.54) is 37.8 Å². The minimum absolute atomic E-state index is 0.142. The van der Waals surface area contributed by atoms with Crippen molar-refractivity contribution in [3.8, 4) is 0 Å². The predicted molar refractivity (Wildman–Crippen MR) is 81.8 cm³/mol. The minimum Gasteiger partial charge on any atom is -0.394 e. The van der Waals surface area contributed by atoms with Gasteiger partial charge in [-0.25, -0.2) is 0 Å². The quantitative estimate of drug-likeness (QED) is 0.841. The van der Waals surface area contributed by atoms with Crippen LogP contribution >= 0.6 is 0 Å². The van der Waals surface area contributed by atoms with E-state index >= 15 is 0 Å². The highest BCUT2D eigenvalue weighted by molar-refractivity contribution is 5.06. The molecule has 0 spiro atoms. The average molecular weight is 279 g/mol. The lowest BCUT2D eigenvalue weighted by atomic mass is 9.76. The fourth-order valence-corrected chi connectivity index (χ4v) is 3.42. The van der Waals surface area contributed by atoms with Crippen LogP contribution in [0.4, 0.5) is 0 Å². The Kier molecular flexibility index (Phi) is 5.22. The van der Waals surface area contributed by atoms with Crippen LogP contribution in [0.1, 0.15) is 50.4 Å². The largest absolute Gasteiger partial charge is 0.394 e. The molecule has 1 fully saturated rings. The van der Waals surface area contributed by atoms with Gasteiger partial charge in [0.1, 0.15) is 0 Å². The van der Waals surface area contributed by atoms with Gasteiger partial charge in [0.25, 0.3) is 0 Å². The minimum atomic E-state index is -0.142. The number of aromatic nitrogens is 2. The molecule has 1 heterocycles. The van der Waals surface area contributed by atoms with Gasteiger partial charge in [0.15, 0.2) is 0 Å². The number of aliphatic hydroxyl groups is 1. The van der Waals surface area contributed by atoms with Crippen LogP contribution in [0.5, 0.6) is 0 Å². The first-order valence-corrected chi connectivity index (χ1v) is 7.92. The predicted octanol–water partition coefficient (Wildman–Crippen LogP) is 2.42. The highest BCUT2D eigenvalue weighted by atomic mass is 16.3. The summed E-state index contributed by atoms with van der Waals surface area (Å²) in [5.74, 6) is 0.599. The molecule has 0 aliphatic heterocycles. The van der Waals surface area contributed by atoms with Gasteiger partial charge in [-0.2, -0.15) is 5.10 Å². The van der Waals surface area contributed by atoms with Crippen LogP contribution in [0.25, 0.3) is 0 Å². The Hall–Kier alpha value is -0.870. The van der Waals surface area contributed by atoms with Crippen molar-refractivity contribution in [3.63, 3.8) is 0 Å². The fraction of sp³-hybridized carbons (Fsp3) is 0.812. The van der Waals surface area contributed by atoms with Crippen molar-refractivity contribution in [2.45, 2.75) is 65.0 Å². The zero-order chi connectivity index (χ0) is 14.6. The Bertz CT molecular complexity index is 423. The lowest BCUT2D eigenvalue weighted by Gasteiger charge is -2.39. The lowest BCUT2D eigenvalue weighted by molar-refractivity contribution is 0.0942. The molecule has 0 bridgehead atoms. The molecular formula is C16H29N3O. The van der Waals surface area contributed by atoms with Gasteiger partial charge in [0.05, 0.1) is 18.8 Å². The normalized spacial score (nSPS) is 20.0. The van der Waals surface area contributed by atoms with E-state index in [0.717, 1.165) is 18.8 Å². The van der Waals surface area contributed by atoms with E-state index in [9.17, 15) is 5.11 Å². The third kappa shape index (κ3) is 3.61. The summed E-state index contributed by atoms with van der Waals surface area (Å²) >= 11 is 0. The van der Waals surface area contributed by atoms with Crippen molar-refractivity contribution in [3.05, 3.63) is 17.5 Å². The number of nitrogens with zero attached hydrogens (tertiary/aromatic N) is 2. The van der Waals surface area contributed by atoms with Crippen LogP contribution < -0.4 is 5.32 Å². The molecule has 4 heteroatoms. The van der Waals surface area contributed by atoms with Crippen molar-refractivity contribution >= 4 is 0 Å². The summed E-state index contributed by atoms with van der Waals surface area (Å²) in [7, 11) is 0. The topological polar surface area (TPSA) is 50.1 Å². The average Bonchev–Trinajstić information content (AvgIpc) is 2.78. The Morgan fingerprint density at radius 2 is 2.05 bits per heavy atom. The fourth-order valence-electron chi connectivity index (χ4n) is 3.42. The molecule has 114 valence electrons. The third-order valence-electron chi connectivity index (χ3n) is 4.79. The van der Waals surface area contributed by atoms with Gasteiger partial charge in [0.2, 0.25) is 0 Å². The van der Waals surface area contributed by atoms with Crippen LogP contribution in [0.2, 0.25) is 0 Å². The second-order valence-electron chi connectivity index (χ2n) is 6.49. The first-order chi connectivity index (χ1) is 9.55. The number of aryl methyl sites for hydroxylation is 2. The Balaban J connectivity index is 1.88. The summed E-state index contributed by atoms with van der Waals surface area (Å²) in [5, 5.41) is 17.9. The summed E-state index contributed by atoms with van der Waals surface area (Å²) in [6.45, 7) is 8.22. The van der Waals surface area contributed by atoms with Gasteiger partial charge >= 0.3 is 0 Å². The van der Waals surface area contributed by atoms with Gasteiger partial charge in [-0.1, -0.05) is 19.3 Å². The Labute approximate surface area is 122 Å². The summed E-state index contributed by atoms with van der Waals surface area (Å²) in [6.07, 6.45) is 6.44. The van der Waals surface area contributed by atoms with Crippen molar-refractivity contribution in [1.29, 1.82) is 0 Å². The maximum Gasteiger partial charge on any atom is 0.0613 e. The van der Waals surface area contributed by atoms with E-state index in [-0.39, 0.29) is 12.1 Å². The van der Waals surface area contributed by atoms with E-state index in [4.69, 9.17) is 0 Å². The monoisotopic (exact) mass is 279 g/mol. The molecule has 1 aromatic heterocycles. The van der Waals surface area contributed by atoms with Crippen LogP contribution in [0, 0.1) is 19.8 Å². The van der Waals surface area contributed by atoms with Crippen molar-refractivity contribution in [2.24, 2.45) is 5.92 Å². The molecule has 1 saturated carbocycles. The van der Waals surface area contributed by atoms with E-state index in [2.05, 4.69) is 30.3 Å². The van der Waals surface area contributed by atoms with E-state index in [0.29, 0.717) is 5.92 Å². The van der Waals surface area contributed by atoms with Crippen molar-refractivity contribution < 1.29 is 5.11 Å². The highest BCUT2D eigenvalue weighted by Gasteiger charge is 2.33. The number of hydrogen-bond donors (Lipinski definition) is 2. The van der Waals surface area contributed by atoms with Gasteiger partial charge < -0.3 is 10.4 Å². The highest BCUT2D eigenvalue weighted by Crippen LogP contribution is 2.32. The van der Waals surface area contributed by atoms with Crippen molar-refractivity contribution in [1.82, 2.24) is 15.1 Å². The zero-order valence-corrected chi connectivity index (χ0v) is 13.2. The van der Waals surface area contributed by atoms with Gasteiger partial charge in [-0.3, -0.25) is 4.68 Å². The van der Waals surface area contributed by atoms with E-state index in [1.54, 1.807) is 0 Å². The molecule has 1 atom stereocenters. The molecule has 0 saturated heterocycles. The Morgan fingerprint density at radius 1 is 1.35 bits per heavy atom. The molecule has 1 aliphatic carbocycles. The number of aliphatic hydroxyl groups excluding tert-OH is 1. The van der Waals surface area contributed by atoms with Crippen LogP contribution in [-0.2, 0) is 6.54 Å². The van der Waals surface area contributed by atoms with E-state index < -0.39 is 0 Å². The lowest BCUT2D eigenvalue weighted by Crippen LogP contribution is -2.53. The maximum absolute atomic E-state index is 9.81. The van der Waals surface area contributed by atoms with Gasteiger partial charge in [-0.05, 0) is 45.6 Å². The van der Waals surface area contributed by atoms with Crippen LogP contribution in [-0.4, -0.2) is 33.6 Å². The zero-order valence-electron chi connectivity index (χ0n) is 13.2. The van der Waals surface area contributed by atoms with E-state index in [1.807, 2.05) is 11.6 Å². The molecule has 1 aromatic rings. The molecule has 0 radical (unpaired) electrons. The SMILES string of the molecule is Cc1cc(C)n(CCN[C@](C)(CO)C2CCCCC2)n1. The summed E-state index contributed by atoms with van der Waals surface area (Å²) < 4.78 is 2.04. The summed E-state index contributed by atoms with van der Waals surface area (Å²) in [5.41, 5.74) is 2.13. The first-order valence-electron chi connectivity index (χ1n) is 7.92. The second kappa shape index (κ2) is 6.72. The molecule has 1 aliphatic rings. The molecule has 4 nitrogen and oxygen atoms in total. The van der Waals surface area contributed by atoms with Crippen LogP contribution in [0.15, 0.2) is 6.07 Å². The second-order valence-corrected chi connectivity index (χ2v) is 6.49. The molecule has 0 aromatic carbocycles. The standard InChI is InChI=1S/C16H29N3O/c1-13-11-14(2)19(18-13)10-9-17-16(3,12-20)15-7-5-4-6-8-15/h11,15,17,20H,4-10,12H2,1-3H3/t16-/m1/s1.